The number of thiophene rings is 1. The van der Waals surface area contributed by atoms with Crippen molar-refractivity contribution in [2.75, 3.05) is 0 Å². The quantitative estimate of drug-likeness (QED) is 0.890. The van der Waals surface area contributed by atoms with Gasteiger partial charge in [-0.1, -0.05) is 6.07 Å². The predicted octanol–water partition coefficient (Wildman–Crippen LogP) is 3.48. The monoisotopic (exact) mass is 260 g/mol. The molecule has 18 heavy (non-hydrogen) atoms. The SMILES string of the molecule is Cc1cccc(CNC(C)Cc2ccc(C)s2)n1. The second-order valence-electron chi connectivity index (χ2n) is 4.77. The molecule has 0 radical (unpaired) electrons. The first kappa shape index (κ1) is 13.2. The molecule has 0 saturated heterocycles. The number of rotatable bonds is 5. The maximum atomic E-state index is 4.50. The van der Waals surface area contributed by atoms with Crippen LogP contribution in [0.1, 0.15) is 28.1 Å². The summed E-state index contributed by atoms with van der Waals surface area (Å²) in [6.45, 7) is 7.25. The Kier molecular flexibility index (Phi) is 4.50. The van der Waals surface area contributed by atoms with E-state index in [4.69, 9.17) is 0 Å². The van der Waals surface area contributed by atoms with Crippen LogP contribution < -0.4 is 5.32 Å². The first-order chi connectivity index (χ1) is 8.63. The Bertz CT molecular complexity index is 505. The van der Waals surface area contributed by atoms with Gasteiger partial charge in [0, 0.05) is 28.0 Å². The van der Waals surface area contributed by atoms with Crippen LogP contribution in [-0.4, -0.2) is 11.0 Å². The molecule has 0 amide bonds. The number of aromatic nitrogens is 1. The van der Waals surface area contributed by atoms with Gasteiger partial charge in [-0.15, -0.1) is 11.3 Å². The molecule has 1 N–H and O–H groups in total. The van der Waals surface area contributed by atoms with Crippen LogP contribution in [0.5, 0.6) is 0 Å². The first-order valence-electron chi connectivity index (χ1n) is 6.35. The molecular formula is C15H20N2S. The Hall–Kier alpha value is -1.19. The number of nitrogens with zero attached hydrogens (tertiary/aromatic N) is 1. The van der Waals surface area contributed by atoms with E-state index in [1.54, 1.807) is 0 Å². The maximum Gasteiger partial charge on any atom is 0.0544 e. The van der Waals surface area contributed by atoms with Gasteiger partial charge in [-0.25, -0.2) is 0 Å². The molecule has 0 aromatic carbocycles. The molecule has 0 aliphatic rings. The smallest absolute Gasteiger partial charge is 0.0544 e. The van der Waals surface area contributed by atoms with Crippen LogP contribution in [0.25, 0.3) is 0 Å². The van der Waals surface area contributed by atoms with Crippen LogP contribution in [0, 0.1) is 13.8 Å². The molecule has 96 valence electrons. The lowest BCUT2D eigenvalue weighted by Gasteiger charge is -2.12. The molecule has 2 aromatic heterocycles. The normalized spacial score (nSPS) is 12.6. The van der Waals surface area contributed by atoms with Crippen LogP contribution in [0.3, 0.4) is 0 Å². The molecule has 2 aromatic rings. The molecule has 2 rings (SSSR count). The number of pyridine rings is 1. The molecule has 0 aliphatic carbocycles. The fraction of sp³-hybridized carbons (Fsp3) is 0.400. The Labute approximate surface area is 113 Å². The van der Waals surface area contributed by atoms with Crippen molar-refractivity contribution < 1.29 is 0 Å². The van der Waals surface area contributed by atoms with Gasteiger partial charge in [0.2, 0.25) is 0 Å². The Balaban J connectivity index is 1.83. The average molecular weight is 260 g/mol. The summed E-state index contributed by atoms with van der Waals surface area (Å²) in [5.74, 6) is 0. The highest BCUT2D eigenvalue weighted by atomic mass is 32.1. The zero-order chi connectivity index (χ0) is 13.0. The van der Waals surface area contributed by atoms with Crippen molar-refractivity contribution in [3.8, 4) is 0 Å². The van der Waals surface area contributed by atoms with Gasteiger partial charge < -0.3 is 5.32 Å². The van der Waals surface area contributed by atoms with E-state index in [0.717, 1.165) is 24.4 Å². The summed E-state index contributed by atoms with van der Waals surface area (Å²) < 4.78 is 0. The summed E-state index contributed by atoms with van der Waals surface area (Å²) in [5, 5.41) is 3.53. The largest absolute Gasteiger partial charge is 0.308 e. The van der Waals surface area contributed by atoms with E-state index in [2.05, 4.69) is 48.4 Å². The van der Waals surface area contributed by atoms with Gasteiger partial charge in [0.15, 0.2) is 0 Å². The lowest BCUT2D eigenvalue weighted by molar-refractivity contribution is 0.542. The van der Waals surface area contributed by atoms with Crippen molar-refractivity contribution >= 4 is 11.3 Å². The van der Waals surface area contributed by atoms with Crippen LogP contribution in [0.15, 0.2) is 30.3 Å². The Morgan fingerprint density at radius 3 is 2.72 bits per heavy atom. The molecule has 0 bridgehead atoms. The third-order valence-electron chi connectivity index (χ3n) is 2.88. The van der Waals surface area contributed by atoms with Gasteiger partial charge >= 0.3 is 0 Å². The number of nitrogens with one attached hydrogen (secondary N) is 1. The number of aryl methyl sites for hydroxylation is 2. The van der Waals surface area contributed by atoms with E-state index in [0.29, 0.717) is 6.04 Å². The van der Waals surface area contributed by atoms with Gasteiger partial charge in [-0.05, 0) is 51.5 Å². The highest BCUT2D eigenvalue weighted by molar-refractivity contribution is 7.11. The van der Waals surface area contributed by atoms with E-state index in [1.165, 1.54) is 9.75 Å². The molecule has 0 aliphatic heterocycles. The van der Waals surface area contributed by atoms with Crippen molar-refractivity contribution in [3.05, 3.63) is 51.5 Å². The third-order valence-corrected chi connectivity index (χ3v) is 3.90. The minimum absolute atomic E-state index is 0.477. The number of hydrogen-bond acceptors (Lipinski definition) is 3. The molecule has 1 unspecified atom stereocenters. The summed E-state index contributed by atoms with van der Waals surface area (Å²) >= 11 is 1.88. The summed E-state index contributed by atoms with van der Waals surface area (Å²) in [6, 6.07) is 11.1. The average Bonchev–Trinajstić information content (AvgIpc) is 2.72. The van der Waals surface area contributed by atoms with Crippen molar-refractivity contribution in [1.82, 2.24) is 10.3 Å². The lowest BCUT2D eigenvalue weighted by atomic mass is 10.2. The van der Waals surface area contributed by atoms with Gasteiger partial charge in [0.1, 0.15) is 0 Å². The zero-order valence-electron chi connectivity index (χ0n) is 11.2. The summed E-state index contributed by atoms with van der Waals surface area (Å²) in [7, 11) is 0. The first-order valence-corrected chi connectivity index (χ1v) is 7.16. The van der Waals surface area contributed by atoms with E-state index in [9.17, 15) is 0 Å². The lowest BCUT2D eigenvalue weighted by Crippen LogP contribution is -2.27. The van der Waals surface area contributed by atoms with Gasteiger partial charge in [0.25, 0.3) is 0 Å². The molecule has 3 heteroatoms. The molecule has 2 heterocycles. The maximum absolute atomic E-state index is 4.50. The van der Waals surface area contributed by atoms with Crippen molar-refractivity contribution in [2.45, 2.75) is 39.8 Å². The van der Waals surface area contributed by atoms with Crippen LogP contribution >= 0.6 is 11.3 Å². The van der Waals surface area contributed by atoms with E-state index in [1.807, 2.05) is 24.3 Å². The van der Waals surface area contributed by atoms with E-state index < -0.39 is 0 Å². The highest BCUT2D eigenvalue weighted by Gasteiger charge is 2.05. The second-order valence-corrected chi connectivity index (χ2v) is 6.14. The fourth-order valence-electron chi connectivity index (χ4n) is 1.95. The second kappa shape index (κ2) is 6.12. The summed E-state index contributed by atoms with van der Waals surface area (Å²) in [5.41, 5.74) is 2.19. The summed E-state index contributed by atoms with van der Waals surface area (Å²) in [6.07, 6.45) is 1.09. The van der Waals surface area contributed by atoms with Crippen LogP contribution in [-0.2, 0) is 13.0 Å². The van der Waals surface area contributed by atoms with E-state index in [-0.39, 0.29) is 0 Å². The standard InChI is InChI=1S/C15H20N2S/c1-11-5-4-6-14(17-11)10-16-12(2)9-15-8-7-13(3)18-15/h4-8,12,16H,9-10H2,1-3H3. The Morgan fingerprint density at radius 2 is 2.06 bits per heavy atom. The zero-order valence-corrected chi connectivity index (χ0v) is 12.1. The summed E-state index contributed by atoms with van der Waals surface area (Å²) in [4.78, 5) is 7.33. The molecule has 0 fully saturated rings. The van der Waals surface area contributed by atoms with E-state index >= 15 is 0 Å². The molecular weight excluding hydrogens is 240 g/mol. The molecule has 0 saturated carbocycles. The Morgan fingerprint density at radius 1 is 1.22 bits per heavy atom. The van der Waals surface area contributed by atoms with Gasteiger partial charge in [-0.3, -0.25) is 4.98 Å². The van der Waals surface area contributed by atoms with Crippen molar-refractivity contribution in [3.63, 3.8) is 0 Å². The van der Waals surface area contributed by atoms with Gasteiger partial charge in [-0.2, -0.15) is 0 Å². The van der Waals surface area contributed by atoms with Crippen molar-refractivity contribution in [1.29, 1.82) is 0 Å². The van der Waals surface area contributed by atoms with Gasteiger partial charge in [0.05, 0.1) is 5.69 Å². The van der Waals surface area contributed by atoms with Crippen LogP contribution in [0.2, 0.25) is 0 Å². The predicted molar refractivity (Wildman–Crippen MR) is 78.0 cm³/mol. The highest BCUT2D eigenvalue weighted by Crippen LogP contribution is 2.16. The van der Waals surface area contributed by atoms with Crippen LogP contribution in [0.4, 0.5) is 0 Å². The molecule has 0 spiro atoms. The van der Waals surface area contributed by atoms with Crippen molar-refractivity contribution in [2.24, 2.45) is 0 Å². The minimum Gasteiger partial charge on any atom is -0.308 e. The fourth-order valence-corrected chi connectivity index (χ4v) is 2.96. The third kappa shape index (κ3) is 3.93. The molecule has 2 nitrogen and oxygen atoms in total. The molecule has 1 atom stereocenters. The number of hydrogen-bond donors (Lipinski definition) is 1. The topological polar surface area (TPSA) is 24.9 Å². The minimum atomic E-state index is 0.477.